The van der Waals surface area contributed by atoms with Gasteiger partial charge in [-0.15, -0.1) is 0 Å². The van der Waals surface area contributed by atoms with Crippen LogP contribution in [0.25, 0.3) is 0 Å². The van der Waals surface area contributed by atoms with Crippen LogP contribution in [0.5, 0.6) is 5.75 Å². The third kappa shape index (κ3) is 5.07. The van der Waals surface area contributed by atoms with Crippen molar-refractivity contribution in [1.29, 1.82) is 0 Å². The SMILES string of the molecule is CCCCCOCc1cc(CNC)ccc1OC. The van der Waals surface area contributed by atoms with Crippen LogP contribution >= 0.6 is 0 Å². The van der Waals surface area contributed by atoms with Crippen LogP contribution in [0, 0.1) is 0 Å². The molecule has 102 valence electrons. The molecule has 0 atom stereocenters. The number of benzene rings is 1. The first-order chi connectivity index (χ1) is 8.81. The molecule has 1 rings (SSSR count). The lowest BCUT2D eigenvalue weighted by Crippen LogP contribution is -2.06. The van der Waals surface area contributed by atoms with Gasteiger partial charge in [-0.2, -0.15) is 0 Å². The minimum Gasteiger partial charge on any atom is -0.496 e. The summed E-state index contributed by atoms with van der Waals surface area (Å²) in [5, 5.41) is 3.15. The molecule has 1 aromatic carbocycles. The van der Waals surface area contributed by atoms with Crippen molar-refractivity contribution in [2.24, 2.45) is 0 Å². The first-order valence-electron chi connectivity index (χ1n) is 6.70. The van der Waals surface area contributed by atoms with E-state index in [-0.39, 0.29) is 0 Å². The first-order valence-corrected chi connectivity index (χ1v) is 6.70. The molecule has 0 radical (unpaired) electrons. The van der Waals surface area contributed by atoms with Crippen molar-refractivity contribution in [2.75, 3.05) is 20.8 Å². The molecule has 0 amide bonds. The van der Waals surface area contributed by atoms with Crippen molar-refractivity contribution in [3.05, 3.63) is 29.3 Å². The third-order valence-corrected chi connectivity index (χ3v) is 2.88. The van der Waals surface area contributed by atoms with Crippen LogP contribution in [-0.4, -0.2) is 20.8 Å². The highest BCUT2D eigenvalue weighted by Gasteiger charge is 2.04. The standard InChI is InChI=1S/C15H25NO2/c1-4-5-6-9-18-12-14-10-13(11-16-2)7-8-15(14)17-3/h7-8,10,16H,4-6,9,11-12H2,1-3H3. The zero-order valence-corrected chi connectivity index (χ0v) is 11.8. The van der Waals surface area contributed by atoms with E-state index in [2.05, 4.69) is 24.4 Å². The average molecular weight is 251 g/mol. The minimum atomic E-state index is 0.629. The van der Waals surface area contributed by atoms with Crippen molar-refractivity contribution in [3.8, 4) is 5.75 Å². The molecule has 3 heteroatoms. The Hall–Kier alpha value is -1.06. The molecule has 18 heavy (non-hydrogen) atoms. The largest absolute Gasteiger partial charge is 0.496 e. The van der Waals surface area contributed by atoms with Crippen LogP contribution in [0.4, 0.5) is 0 Å². The van der Waals surface area contributed by atoms with Crippen LogP contribution in [0.1, 0.15) is 37.3 Å². The quantitative estimate of drug-likeness (QED) is 0.684. The Labute approximate surface area is 110 Å². The highest BCUT2D eigenvalue weighted by atomic mass is 16.5. The summed E-state index contributed by atoms with van der Waals surface area (Å²) in [6, 6.07) is 6.24. The molecule has 0 saturated heterocycles. The highest BCUT2D eigenvalue weighted by molar-refractivity contribution is 5.36. The summed E-state index contributed by atoms with van der Waals surface area (Å²) in [6.07, 6.45) is 3.59. The topological polar surface area (TPSA) is 30.5 Å². The predicted octanol–water partition coefficient (Wildman–Crippen LogP) is 3.12. The Morgan fingerprint density at radius 1 is 1.22 bits per heavy atom. The summed E-state index contributed by atoms with van der Waals surface area (Å²) in [4.78, 5) is 0. The number of nitrogens with one attached hydrogen (secondary N) is 1. The van der Waals surface area contributed by atoms with Crippen molar-refractivity contribution in [1.82, 2.24) is 5.32 Å². The van der Waals surface area contributed by atoms with Gasteiger partial charge in [0.2, 0.25) is 0 Å². The fourth-order valence-electron chi connectivity index (χ4n) is 1.90. The number of rotatable bonds is 9. The van der Waals surface area contributed by atoms with Gasteiger partial charge in [-0.3, -0.25) is 0 Å². The lowest BCUT2D eigenvalue weighted by Gasteiger charge is -2.11. The lowest BCUT2D eigenvalue weighted by molar-refractivity contribution is 0.115. The second kappa shape index (κ2) is 8.95. The molecule has 1 N–H and O–H groups in total. The van der Waals surface area contributed by atoms with E-state index in [1.54, 1.807) is 7.11 Å². The minimum absolute atomic E-state index is 0.629. The molecule has 0 bridgehead atoms. The fourth-order valence-corrected chi connectivity index (χ4v) is 1.90. The summed E-state index contributed by atoms with van der Waals surface area (Å²) in [5.74, 6) is 0.908. The monoisotopic (exact) mass is 251 g/mol. The van der Waals surface area contributed by atoms with Crippen LogP contribution in [0.15, 0.2) is 18.2 Å². The van der Waals surface area contributed by atoms with Crippen LogP contribution in [0.2, 0.25) is 0 Å². The van der Waals surface area contributed by atoms with Gasteiger partial charge >= 0.3 is 0 Å². The molecule has 0 aromatic heterocycles. The average Bonchev–Trinajstić information content (AvgIpc) is 2.39. The van der Waals surface area contributed by atoms with Crippen molar-refractivity contribution < 1.29 is 9.47 Å². The Morgan fingerprint density at radius 2 is 2.06 bits per heavy atom. The molecule has 0 aliphatic carbocycles. The molecular formula is C15H25NO2. The van der Waals surface area contributed by atoms with E-state index in [0.29, 0.717) is 6.61 Å². The Morgan fingerprint density at radius 3 is 2.72 bits per heavy atom. The molecule has 0 heterocycles. The first kappa shape index (κ1) is 15.0. The Balaban J connectivity index is 2.52. The Bertz CT molecular complexity index is 339. The molecule has 1 aromatic rings. The Kier molecular flexibility index (Phi) is 7.46. The predicted molar refractivity (Wildman–Crippen MR) is 74.9 cm³/mol. The van der Waals surface area contributed by atoms with Crippen LogP contribution in [-0.2, 0) is 17.9 Å². The molecule has 0 aliphatic rings. The van der Waals surface area contributed by atoms with Gasteiger partial charge in [-0.25, -0.2) is 0 Å². The number of hydrogen-bond acceptors (Lipinski definition) is 3. The zero-order chi connectivity index (χ0) is 13.2. The summed E-state index contributed by atoms with van der Waals surface area (Å²) in [7, 11) is 3.65. The molecule has 0 unspecified atom stereocenters. The number of unbranched alkanes of at least 4 members (excludes halogenated alkanes) is 2. The second-order valence-corrected chi connectivity index (χ2v) is 4.44. The van der Waals surface area contributed by atoms with Gasteiger partial charge < -0.3 is 14.8 Å². The fraction of sp³-hybridized carbons (Fsp3) is 0.600. The van der Waals surface area contributed by atoms with E-state index in [1.807, 2.05) is 13.1 Å². The number of methoxy groups -OCH3 is 1. The lowest BCUT2D eigenvalue weighted by atomic mass is 10.1. The van der Waals surface area contributed by atoms with Gasteiger partial charge in [0, 0.05) is 18.7 Å². The van der Waals surface area contributed by atoms with E-state index in [9.17, 15) is 0 Å². The maximum atomic E-state index is 5.70. The van der Waals surface area contributed by atoms with Gasteiger partial charge in [-0.1, -0.05) is 25.8 Å². The number of hydrogen-bond donors (Lipinski definition) is 1. The summed E-state index contributed by atoms with van der Waals surface area (Å²) in [5.41, 5.74) is 2.38. The van der Waals surface area contributed by atoms with Crippen LogP contribution < -0.4 is 10.1 Å². The smallest absolute Gasteiger partial charge is 0.124 e. The van der Waals surface area contributed by atoms with Crippen LogP contribution in [0.3, 0.4) is 0 Å². The molecule has 0 aliphatic heterocycles. The molecule has 0 saturated carbocycles. The maximum Gasteiger partial charge on any atom is 0.124 e. The summed E-state index contributed by atoms with van der Waals surface area (Å²) >= 11 is 0. The normalized spacial score (nSPS) is 10.6. The van der Waals surface area contributed by atoms with E-state index in [0.717, 1.165) is 30.9 Å². The van der Waals surface area contributed by atoms with Gasteiger partial charge in [0.05, 0.1) is 13.7 Å². The molecule has 0 spiro atoms. The zero-order valence-electron chi connectivity index (χ0n) is 11.8. The third-order valence-electron chi connectivity index (χ3n) is 2.88. The van der Waals surface area contributed by atoms with Gasteiger partial charge in [0.25, 0.3) is 0 Å². The van der Waals surface area contributed by atoms with Gasteiger partial charge in [0.1, 0.15) is 5.75 Å². The number of ether oxygens (including phenoxy) is 2. The van der Waals surface area contributed by atoms with Crippen molar-refractivity contribution in [3.63, 3.8) is 0 Å². The van der Waals surface area contributed by atoms with Crippen molar-refractivity contribution >= 4 is 0 Å². The highest BCUT2D eigenvalue weighted by Crippen LogP contribution is 2.21. The second-order valence-electron chi connectivity index (χ2n) is 4.44. The van der Waals surface area contributed by atoms with E-state index in [4.69, 9.17) is 9.47 Å². The summed E-state index contributed by atoms with van der Waals surface area (Å²) < 4.78 is 11.1. The molecule has 0 fully saturated rings. The van der Waals surface area contributed by atoms with Gasteiger partial charge in [-0.05, 0) is 31.2 Å². The van der Waals surface area contributed by atoms with E-state index in [1.165, 1.54) is 18.4 Å². The van der Waals surface area contributed by atoms with Gasteiger partial charge in [0.15, 0.2) is 0 Å². The molecule has 3 nitrogen and oxygen atoms in total. The summed E-state index contributed by atoms with van der Waals surface area (Å²) in [6.45, 7) is 4.52. The maximum absolute atomic E-state index is 5.70. The molecular weight excluding hydrogens is 226 g/mol. The van der Waals surface area contributed by atoms with Crippen molar-refractivity contribution in [2.45, 2.75) is 39.3 Å². The van der Waals surface area contributed by atoms with E-state index < -0.39 is 0 Å². The van der Waals surface area contributed by atoms with E-state index >= 15 is 0 Å².